The summed E-state index contributed by atoms with van der Waals surface area (Å²) in [7, 11) is -0.388. The fourth-order valence-electron chi connectivity index (χ4n) is 5.00. The van der Waals surface area contributed by atoms with Crippen LogP contribution in [0.4, 0.5) is 0 Å². The first-order valence-corrected chi connectivity index (χ1v) is 11.6. The van der Waals surface area contributed by atoms with Gasteiger partial charge in [-0.3, -0.25) is 0 Å². The van der Waals surface area contributed by atoms with Crippen molar-refractivity contribution in [3.63, 3.8) is 0 Å². The van der Waals surface area contributed by atoms with Crippen LogP contribution in [0.1, 0.15) is 27.7 Å². The van der Waals surface area contributed by atoms with Gasteiger partial charge in [0.05, 0.1) is 11.2 Å². The summed E-state index contributed by atoms with van der Waals surface area (Å²) in [6.07, 6.45) is 0. The highest BCUT2D eigenvalue weighted by Gasteiger charge is 2.51. The predicted molar refractivity (Wildman–Crippen MR) is 137 cm³/mol. The van der Waals surface area contributed by atoms with Gasteiger partial charge in [-0.05, 0) is 77.7 Å². The lowest BCUT2D eigenvalue weighted by Gasteiger charge is -2.32. The van der Waals surface area contributed by atoms with Gasteiger partial charge in [-0.15, -0.1) is 0 Å². The molecule has 1 saturated heterocycles. The molecule has 0 radical (unpaired) electrons. The van der Waals surface area contributed by atoms with E-state index in [1.807, 2.05) is 0 Å². The van der Waals surface area contributed by atoms with Crippen LogP contribution < -0.4 is 5.46 Å². The molecule has 4 aromatic rings. The Morgan fingerprint density at radius 3 is 1.18 bits per heavy atom. The molecule has 0 atom stereocenters. The first-order chi connectivity index (χ1) is 15.9. The minimum Gasteiger partial charge on any atom is -0.399 e. The van der Waals surface area contributed by atoms with Crippen molar-refractivity contribution in [2.75, 3.05) is 0 Å². The van der Waals surface area contributed by atoms with Crippen LogP contribution in [-0.4, -0.2) is 18.3 Å². The fourth-order valence-corrected chi connectivity index (χ4v) is 5.00. The van der Waals surface area contributed by atoms with Crippen LogP contribution in [0.15, 0.2) is 91.0 Å². The van der Waals surface area contributed by atoms with E-state index < -0.39 is 0 Å². The zero-order valence-electron chi connectivity index (χ0n) is 19.6. The van der Waals surface area contributed by atoms with E-state index in [4.69, 9.17) is 9.31 Å². The maximum atomic E-state index is 6.39. The molecule has 0 saturated carbocycles. The number of hydrogen-bond acceptors (Lipinski definition) is 2. The number of fused-ring (bicyclic) bond motifs is 8. The molecule has 0 aromatic heterocycles. The molecular formula is C30H27BO2. The van der Waals surface area contributed by atoms with Crippen LogP contribution in [0.5, 0.6) is 0 Å². The summed E-state index contributed by atoms with van der Waals surface area (Å²) in [5.41, 5.74) is 10.2. The van der Waals surface area contributed by atoms with Crippen molar-refractivity contribution in [3.8, 4) is 44.5 Å². The molecule has 33 heavy (non-hydrogen) atoms. The molecule has 6 rings (SSSR count). The van der Waals surface area contributed by atoms with Crippen molar-refractivity contribution in [2.45, 2.75) is 38.9 Å². The van der Waals surface area contributed by atoms with Crippen molar-refractivity contribution in [1.29, 1.82) is 0 Å². The van der Waals surface area contributed by atoms with Gasteiger partial charge in [-0.1, -0.05) is 91.0 Å². The Labute approximate surface area is 196 Å². The van der Waals surface area contributed by atoms with Gasteiger partial charge >= 0.3 is 7.12 Å². The summed E-state index contributed by atoms with van der Waals surface area (Å²) in [5.74, 6) is 0. The molecule has 2 nitrogen and oxygen atoms in total. The lowest BCUT2D eigenvalue weighted by molar-refractivity contribution is 0.00578. The highest BCUT2D eigenvalue weighted by atomic mass is 16.7. The van der Waals surface area contributed by atoms with E-state index in [0.29, 0.717) is 0 Å². The monoisotopic (exact) mass is 430 g/mol. The van der Waals surface area contributed by atoms with Crippen LogP contribution in [0.3, 0.4) is 0 Å². The SMILES string of the molecule is CC1(C)OB(c2ccc3c(c2)-c2ccccc2-c2ccccc2-c2ccccc2-3)OC1(C)C. The number of rotatable bonds is 1. The van der Waals surface area contributed by atoms with Gasteiger partial charge in [0, 0.05) is 0 Å². The molecule has 1 fully saturated rings. The lowest BCUT2D eigenvalue weighted by atomic mass is 9.74. The molecule has 4 aromatic carbocycles. The van der Waals surface area contributed by atoms with Crippen LogP contribution in [-0.2, 0) is 9.31 Å². The van der Waals surface area contributed by atoms with Crippen molar-refractivity contribution in [1.82, 2.24) is 0 Å². The molecule has 0 bridgehead atoms. The first-order valence-electron chi connectivity index (χ1n) is 11.6. The van der Waals surface area contributed by atoms with Crippen LogP contribution >= 0.6 is 0 Å². The normalized spacial score (nSPS) is 17.3. The molecule has 0 spiro atoms. The summed E-state index contributed by atoms with van der Waals surface area (Å²) < 4.78 is 12.8. The van der Waals surface area contributed by atoms with Gasteiger partial charge < -0.3 is 9.31 Å². The minimum atomic E-state index is -0.388. The average molecular weight is 430 g/mol. The maximum Gasteiger partial charge on any atom is 0.494 e. The van der Waals surface area contributed by atoms with E-state index in [1.54, 1.807) is 0 Å². The highest BCUT2D eigenvalue weighted by Crippen LogP contribution is 2.47. The summed E-state index contributed by atoms with van der Waals surface area (Å²) in [5, 5.41) is 0. The summed E-state index contributed by atoms with van der Waals surface area (Å²) >= 11 is 0. The predicted octanol–water partition coefficient (Wildman–Crippen LogP) is 6.97. The van der Waals surface area contributed by atoms with Gasteiger partial charge in [-0.2, -0.15) is 0 Å². The first kappa shape index (κ1) is 20.5. The Hall–Kier alpha value is -3.14. The molecule has 0 unspecified atom stereocenters. The van der Waals surface area contributed by atoms with Gasteiger partial charge in [0.2, 0.25) is 0 Å². The highest BCUT2D eigenvalue weighted by molar-refractivity contribution is 6.62. The quantitative estimate of drug-likeness (QED) is 0.268. The third-order valence-corrected chi connectivity index (χ3v) is 7.51. The fraction of sp³-hybridized carbons (Fsp3) is 0.200. The van der Waals surface area contributed by atoms with E-state index in [2.05, 4.69) is 119 Å². The molecular weight excluding hydrogens is 403 g/mol. The topological polar surface area (TPSA) is 18.5 Å². The van der Waals surface area contributed by atoms with E-state index in [9.17, 15) is 0 Å². The molecule has 0 amide bonds. The third kappa shape index (κ3) is 3.11. The number of hydrogen-bond donors (Lipinski definition) is 0. The maximum absolute atomic E-state index is 6.39. The van der Waals surface area contributed by atoms with Gasteiger partial charge in [0.15, 0.2) is 0 Å². The van der Waals surface area contributed by atoms with Crippen molar-refractivity contribution < 1.29 is 9.31 Å². The summed E-state index contributed by atoms with van der Waals surface area (Å²) in [4.78, 5) is 0. The van der Waals surface area contributed by atoms with E-state index in [1.165, 1.54) is 44.5 Å². The summed E-state index contributed by atoms with van der Waals surface area (Å²) in [6, 6.07) is 32.8. The van der Waals surface area contributed by atoms with Crippen LogP contribution in [0.2, 0.25) is 0 Å². The van der Waals surface area contributed by atoms with E-state index >= 15 is 0 Å². The van der Waals surface area contributed by atoms with Crippen LogP contribution in [0.25, 0.3) is 44.5 Å². The largest absolute Gasteiger partial charge is 0.494 e. The molecule has 0 N–H and O–H groups in total. The van der Waals surface area contributed by atoms with E-state index in [-0.39, 0.29) is 18.3 Å². The molecule has 3 heteroatoms. The van der Waals surface area contributed by atoms with Gasteiger partial charge in [-0.25, -0.2) is 0 Å². The molecule has 1 aliphatic carbocycles. The Balaban J connectivity index is 1.62. The average Bonchev–Trinajstić information content (AvgIpc) is 3.04. The molecule has 1 heterocycles. The Kier molecular flexibility index (Phi) is 4.45. The third-order valence-electron chi connectivity index (χ3n) is 7.51. The zero-order chi connectivity index (χ0) is 22.8. The van der Waals surface area contributed by atoms with Gasteiger partial charge in [0.1, 0.15) is 0 Å². The number of benzene rings is 4. The molecule has 162 valence electrons. The van der Waals surface area contributed by atoms with Crippen molar-refractivity contribution in [2.24, 2.45) is 0 Å². The Morgan fingerprint density at radius 1 is 0.455 bits per heavy atom. The smallest absolute Gasteiger partial charge is 0.399 e. The second kappa shape index (κ2) is 7.18. The van der Waals surface area contributed by atoms with Crippen LogP contribution in [0, 0.1) is 0 Å². The second-order valence-corrected chi connectivity index (χ2v) is 10.0. The Morgan fingerprint density at radius 2 is 0.788 bits per heavy atom. The molecule has 2 aliphatic rings. The van der Waals surface area contributed by atoms with Crippen molar-refractivity contribution in [3.05, 3.63) is 91.0 Å². The minimum absolute atomic E-state index is 0.370. The van der Waals surface area contributed by atoms with E-state index in [0.717, 1.165) is 5.46 Å². The standard InChI is InChI=1S/C30H27BO2/c1-29(2)30(3,4)33-31(32-29)20-17-18-27-25-15-8-7-13-23(25)21-11-5-6-12-22(21)24-14-9-10-16-26(24)28(27)19-20/h5-19H,1-4H3. The molecule has 1 aliphatic heterocycles. The summed E-state index contributed by atoms with van der Waals surface area (Å²) in [6.45, 7) is 8.40. The van der Waals surface area contributed by atoms with Crippen molar-refractivity contribution >= 4 is 12.6 Å². The lowest BCUT2D eigenvalue weighted by Crippen LogP contribution is -2.41. The van der Waals surface area contributed by atoms with Gasteiger partial charge in [0.25, 0.3) is 0 Å². The zero-order valence-corrected chi connectivity index (χ0v) is 19.6. The second-order valence-electron chi connectivity index (χ2n) is 10.0. The Bertz CT molecular complexity index is 1360.